The van der Waals surface area contributed by atoms with Crippen LogP contribution in [-0.2, 0) is 19.9 Å². The fourth-order valence-electron chi connectivity index (χ4n) is 1.39. The number of sulfone groups is 1. The third-order valence-electron chi connectivity index (χ3n) is 2.62. The Morgan fingerprint density at radius 1 is 1.29 bits per heavy atom. The first-order chi connectivity index (χ1) is 9.59. The molecule has 0 aliphatic carbocycles. The monoisotopic (exact) mass is 339 g/mol. The highest BCUT2D eigenvalue weighted by Crippen LogP contribution is 2.15. The van der Waals surface area contributed by atoms with Gasteiger partial charge in [0.1, 0.15) is 5.82 Å². The molecule has 0 unspecified atom stereocenters. The standard InChI is InChI=1S/C11H14FNO6S2/c1-2-20(16,17)6-5-13-21(18,19)8-3-4-10(12)9(7-8)11(14)15/h3-4,7,13H,2,5-6H2,1H3,(H,14,15). The van der Waals surface area contributed by atoms with Crippen molar-refractivity contribution in [3.63, 3.8) is 0 Å². The highest BCUT2D eigenvalue weighted by atomic mass is 32.2. The van der Waals surface area contributed by atoms with E-state index in [0.29, 0.717) is 6.07 Å². The van der Waals surface area contributed by atoms with Crippen molar-refractivity contribution in [3.05, 3.63) is 29.6 Å². The molecule has 1 rings (SSSR count). The molecule has 7 nitrogen and oxygen atoms in total. The number of hydrogen-bond donors (Lipinski definition) is 2. The minimum atomic E-state index is -4.11. The summed E-state index contributed by atoms with van der Waals surface area (Å²) >= 11 is 0. The van der Waals surface area contributed by atoms with E-state index in [9.17, 15) is 26.0 Å². The minimum absolute atomic E-state index is 0.117. The fraction of sp³-hybridized carbons (Fsp3) is 0.364. The lowest BCUT2D eigenvalue weighted by Crippen LogP contribution is -2.30. The molecule has 118 valence electrons. The van der Waals surface area contributed by atoms with Crippen LogP contribution >= 0.6 is 0 Å². The van der Waals surface area contributed by atoms with Crippen molar-refractivity contribution in [2.24, 2.45) is 0 Å². The first kappa shape index (κ1) is 17.5. The zero-order valence-electron chi connectivity index (χ0n) is 11.0. The minimum Gasteiger partial charge on any atom is -0.478 e. The third-order valence-corrected chi connectivity index (χ3v) is 5.79. The Kier molecular flexibility index (Phi) is 5.42. The molecule has 0 heterocycles. The van der Waals surface area contributed by atoms with E-state index in [1.54, 1.807) is 0 Å². The van der Waals surface area contributed by atoms with Gasteiger partial charge in [-0.3, -0.25) is 0 Å². The molecule has 0 saturated heterocycles. The van der Waals surface area contributed by atoms with Crippen LogP contribution in [0.5, 0.6) is 0 Å². The van der Waals surface area contributed by atoms with Gasteiger partial charge in [0.2, 0.25) is 10.0 Å². The number of sulfonamides is 1. The van der Waals surface area contributed by atoms with Gasteiger partial charge in [-0.05, 0) is 18.2 Å². The number of benzene rings is 1. The molecule has 0 amide bonds. The van der Waals surface area contributed by atoms with Gasteiger partial charge in [0.05, 0.1) is 16.2 Å². The summed E-state index contributed by atoms with van der Waals surface area (Å²) in [5.74, 6) is -3.16. The van der Waals surface area contributed by atoms with E-state index in [1.807, 2.05) is 4.72 Å². The lowest BCUT2D eigenvalue weighted by Gasteiger charge is -2.08. The van der Waals surface area contributed by atoms with Crippen molar-refractivity contribution >= 4 is 25.8 Å². The molecule has 2 N–H and O–H groups in total. The summed E-state index contributed by atoms with van der Waals surface area (Å²) in [4.78, 5) is 10.3. The average molecular weight is 339 g/mol. The van der Waals surface area contributed by atoms with Crippen molar-refractivity contribution in [3.8, 4) is 0 Å². The number of nitrogens with one attached hydrogen (secondary N) is 1. The molecule has 1 aromatic carbocycles. The Balaban J connectivity index is 2.94. The second-order valence-corrected chi connectivity index (χ2v) is 8.32. The van der Waals surface area contributed by atoms with E-state index in [4.69, 9.17) is 5.11 Å². The molecule has 0 aliphatic rings. The normalized spacial score (nSPS) is 12.3. The van der Waals surface area contributed by atoms with E-state index in [-0.39, 0.29) is 18.1 Å². The van der Waals surface area contributed by atoms with Crippen molar-refractivity contribution in [1.29, 1.82) is 0 Å². The summed E-state index contributed by atoms with van der Waals surface area (Å²) in [6.07, 6.45) is 0. The smallest absolute Gasteiger partial charge is 0.338 e. The first-order valence-electron chi connectivity index (χ1n) is 5.82. The molecule has 0 bridgehead atoms. The predicted molar refractivity (Wildman–Crippen MR) is 72.9 cm³/mol. The van der Waals surface area contributed by atoms with Crippen LogP contribution in [0.1, 0.15) is 17.3 Å². The van der Waals surface area contributed by atoms with E-state index in [0.717, 1.165) is 12.1 Å². The van der Waals surface area contributed by atoms with Gasteiger partial charge in [-0.15, -0.1) is 0 Å². The molecule has 0 aromatic heterocycles. The maximum absolute atomic E-state index is 13.2. The van der Waals surface area contributed by atoms with Gasteiger partial charge < -0.3 is 5.11 Å². The van der Waals surface area contributed by atoms with Crippen LogP contribution in [0.2, 0.25) is 0 Å². The third kappa shape index (κ3) is 4.76. The van der Waals surface area contributed by atoms with Gasteiger partial charge in [-0.1, -0.05) is 6.92 Å². The van der Waals surface area contributed by atoms with Gasteiger partial charge in [0, 0.05) is 12.3 Å². The summed E-state index contributed by atoms with van der Waals surface area (Å²) in [5.41, 5.74) is -0.779. The van der Waals surface area contributed by atoms with Crippen LogP contribution < -0.4 is 4.72 Å². The first-order valence-corrected chi connectivity index (χ1v) is 9.12. The van der Waals surface area contributed by atoms with Crippen LogP contribution in [0.4, 0.5) is 4.39 Å². The molecule has 0 saturated carbocycles. The zero-order chi connectivity index (χ0) is 16.3. The van der Waals surface area contributed by atoms with E-state index in [1.165, 1.54) is 6.92 Å². The molecule has 0 fully saturated rings. The van der Waals surface area contributed by atoms with Crippen LogP contribution in [0, 0.1) is 5.82 Å². The Morgan fingerprint density at radius 3 is 2.43 bits per heavy atom. The predicted octanol–water partition coefficient (Wildman–Crippen LogP) is 0.237. The maximum atomic E-state index is 13.2. The molecule has 21 heavy (non-hydrogen) atoms. The van der Waals surface area contributed by atoms with Gasteiger partial charge in [0.15, 0.2) is 9.84 Å². The maximum Gasteiger partial charge on any atom is 0.338 e. The Morgan fingerprint density at radius 2 is 1.90 bits per heavy atom. The van der Waals surface area contributed by atoms with Crippen molar-refractivity contribution in [1.82, 2.24) is 4.72 Å². The molecular formula is C11H14FNO6S2. The number of carboxylic acids is 1. The molecule has 0 spiro atoms. The Hall–Kier alpha value is -1.52. The van der Waals surface area contributed by atoms with Crippen LogP contribution in [0.15, 0.2) is 23.1 Å². The van der Waals surface area contributed by atoms with Crippen LogP contribution in [0.3, 0.4) is 0 Å². The molecule has 0 aliphatic heterocycles. The number of hydrogen-bond acceptors (Lipinski definition) is 5. The lowest BCUT2D eigenvalue weighted by atomic mass is 10.2. The second-order valence-electron chi connectivity index (χ2n) is 4.08. The number of carbonyl (C=O) groups is 1. The lowest BCUT2D eigenvalue weighted by molar-refractivity contribution is 0.0691. The topological polar surface area (TPSA) is 118 Å². The largest absolute Gasteiger partial charge is 0.478 e. The summed E-state index contributed by atoms with van der Waals surface area (Å²) in [6, 6.07) is 2.30. The summed E-state index contributed by atoms with van der Waals surface area (Å²) < 4.78 is 61.5. The number of halogens is 1. The molecular weight excluding hydrogens is 325 g/mol. The van der Waals surface area contributed by atoms with E-state index >= 15 is 0 Å². The highest BCUT2D eigenvalue weighted by Gasteiger charge is 2.19. The number of rotatable bonds is 7. The van der Waals surface area contributed by atoms with Gasteiger partial charge >= 0.3 is 5.97 Å². The van der Waals surface area contributed by atoms with Crippen LogP contribution in [-0.4, -0.2) is 46.0 Å². The zero-order valence-corrected chi connectivity index (χ0v) is 12.7. The highest BCUT2D eigenvalue weighted by molar-refractivity contribution is 7.91. The van der Waals surface area contributed by atoms with Gasteiger partial charge in [-0.2, -0.15) is 0 Å². The van der Waals surface area contributed by atoms with Gasteiger partial charge in [0.25, 0.3) is 0 Å². The quantitative estimate of drug-likeness (QED) is 0.734. The number of carboxylic acid groups (broad SMARTS) is 1. The molecule has 1 aromatic rings. The van der Waals surface area contributed by atoms with Crippen molar-refractivity contribution in [2.75, 3.05) is 18.1 Å². The molecule has 10 heteroatoms. The van der Waals surface area contributed by atoms with E-state index in [2.05, 4.69) is 0 Å². The van der Waals surface area contributed by atoms with Crippen molar-refractivity contribution in [2.45, 2.75) is 11.8 Å². The van der Waals surface area contributed by atoms with E-state index < -0.39 is 42.1 Å². The Bertz CT molecular complexity index is 742. The summed E-state index contributed by atoms with van der Waals surface area (Å²) in [6.45, 7) is 1.08. The van der Waals surface area contributed by atoms with Crippen LogP contribution in [0.25, 0.3) is 0 Å². The van der Waals surface area contributed by atoms with Gasteiger partial charge in [-0.25, -0.2) is 30.7 Å². The number of aromatic carboxylic acids is 1. The summed E-state index contributed by atoms with van der Waals surface area (Å²) in [5, 5.41) is 8.74. The SMILES string of the molecule is CCS(=O)(=O)CCNS(=O)(=O)c1ccc(F)c(C(=O)O)c1. The average Bonchev–Trinajstić information content (AvgIpc) is 2.38. The molecule has 0 radical (unpaired) electrons. The second kappa shape index (κ2) is 6.50. The van der Waals surface area contributed by atoms with Crippen molar-refractivity contribution < 1.29 is 31.1 Å². The Labute approximate surface area is 121 Å². The summed E-state index contributed by atoms with van der Waals surface area (Å²) in [7, 11) is -7.44. The fourth-order valence-corrected chi connectivity index (χ4v) is 3.28. The molecule has 0 atom stereocenters.